The van der Waals surface area contributed by atoms with E-state index in [0.29, 0.717) is 21.5 Å². The Morgan fingerprint density at radius 1 is 1.04 bits per heavy atom. The Morgan fingerprint density at radius 2 is 1.68 bits per heavy atom. The second kappa shape index (κ2) is 7.03. The molecule has 1 saturated heterocycles. The number of nitrogens with zero attached hydrogens (tertiary/aromatic N) is 2. The van der Waals surface area contributed by atoms with Crippen molar-refractivity contribution in [1.29, 1.82) is 0 Å². The Hall–Kier alpha value is -2.09. The predicted octanol–water partition coefficient (Wildman–Crippen LogP) is 2.70. The molecule has 1 aromatic rings. The third kappa shape index (κ3) is 3.10. The van der Waals surface area contributed by atoms with Crippen LogP contribution in [0.1, 0.15) is 31.2 Å². The minimum atomic E-state index is -0.791. The molecule has 1 aromatic carbocycles. The number of carbonyl (C=O) groups is 3. The van der Waals surface area contributed by atoms with Gasteiger partial charge in [0.15, 0.2) is 0 Å². The number of ether oxygens (including phenoxy) is 2. The van der Waals surface area contributed by atoms with Crippen LogP contribution >= 0.6 is 15.9 Å². The highest BCUT2D eigenvalue weighted by Crippen LogP contribution is 2.35. The third-order valence-electron chi connectivity index (χ3n) is 4.66. The van der Waals surface area contributed by atoms with Crippen LogP contribution in [0.15, 0.2) is 16.6 Å². The average Bonchev–Trinajstić information content (AvgIpc) is 3.19. The van der Waals surface area contributed by atoms with E-state index in [-0.39, 0.29) is 12.6 Å². The molecule has 0 N–H and O–H groups in total. The second-order valence-corrected chi connectivity index (χ2v) is 6.94. The summed E-state index contributed by atoms with van der Waals surface area (Å²) < 4.78 is 11.3. The number of methoxy groups -OCH3 is 2. The van der Waals surface area contributed by atoms with Crippen LogP contribution in [-0.4, -0.2) is 47.9 Å². The van der Waals surface area contributed by atoms with Crippen molar-refractivity contribution in [3.8, 4) is 11.5 Å². The highest BCUT2D eigenvalue weighted by Gasteiger charge is 2.48. The van der Waals surface area contributed by atoms with Gasteiger partial charge in [-0.05, 0) is 40.9 Å². The fraction of sp³-hybridized carbons (Fsp3) is 0.471. The molecule has 0 spiro atoms. The Bertz CT molecular complexity index is 730. The zero-order valence-corrected chi connectivity index (χ0v) is 15.7. The van der Waals surface area contributed by atoms with Gasteiger partial charge in [-0.3, -0.25) is 19.4 Å². The van der Waals surface area contributed by atoms with Gasteiger partial charge in [0.1, 0.15) is 11.5 Å². The molecule has 0 radical (unpaired) electrons. The first-order valence-corrected chi connectivity index (χ1v) is 8.86. The highest BCUT2D eigenvalue weighted by atomic mass is 79.9. The lowest BCUT2D eigenvalue weighted by atomic mass is 10.1. The smallest absolute Gasteiger partial charge is 0.334 e. The van der Waals surface area contributed by atoms with E-state index in [1.807, 2.05) is 0 Å². The molecule has 2 fully saturated rings. The molecular weight excluding hydrogens is 392 g/mol. The summed E-state index contributed by atoms with van der Waals surface area (Å²) in [6.07, 6.45) is 3.45. The summed E-state index contributed by atoms with van der Waals surface area (Å²) in [5.74, 6) is -0.477. The predicted molar refractivity (Wildman–Crippen MR) is 92.3 cm³/mol. The van der Waals surface area contributed by atoms with Crippen LogP contribution in [0.2, 0.25) is 0 Å². The van der Waals surface area contributed by atoms with Crippen LogP contribution in [0, 0.1) is 0 Å². The first-order valence-electron chi connectivity index (χ1n) is 8.07. The number of halogens is 1. The topological polar surface area (TPSA) is 76.2 Å². The molecule has 0 aromatic heterocycles. The molecule has 134 valence electrons. The number of hydrogen-bond donors (Lipinski definition) is 0. The van der Waals surface area contributed by atoms with Gasteiger partial charge in [0.05, 0.1) is 25.2 Å². The lowest BCUT2D eigenvalue weighted by molar-refractivity contribution is -0.144. The van der Waals surface area contributed by atoms with Gasteiger partial charge in [-0.1, -0.05) is 12.8 Å². The number of imide groups is 2. The Labute approximate surface area is 154 Å². The molecule has 1 aliphatic carbocycles. The molecule has 1 heterocycles. The van der Waals surface area contributed by atoms with E-state index in [1.54, 1.807) is 12.1 Å². The van der Waals surface area contributed by atoms with Crippen LogP contribution in [-0.2, 0) is 16.1 Å². The molecule has 1 aliphatic heterocycles. The van der Waals surface area contributed by atoms with Crippen LogP contribution in [0.25, 0.3) is 0 Å². The van der Waals surface area contributed by atoms with E-state index < -0.39 is 17.8 Å². The van der Waals surface area contributed by atoms with Gasteiger partial charge in [0, 0.05) is 11.6 Å². The fourth-order valence-electron chi connectivity index (χ4n) is 3.36. The molecular formula is C17H19BrN2O5. The molecule has 8 heteroatoms. The van der Waals surface area contributed by atoms with Gasteiger partial charge in [0.25, 0.3) is 0 Å². The largest absolute Gasteiger partial charge is 0.496 e. The summed E-state index contributed by atoms with van der Waals surface area (Å²) in [6.45, 7) is -0.0422. The van der Waals surface area contributed by atoms with Crippen LogP contribution in [0.3, 0.4) is 0 Å². The first kappa shape index (κ1) is 17.7. The number of carbonyl (C=O) groups excluding carboxylic acids is 3. The molecule has 25 heavy (non-hydrogen) atoms. The van der Waals surface area contributed by atoms with E-state index in [9.17, 15) is 14.4 Å². The molecule has 0 bridgehead atoms. The third-order valence-corrected chi connectivity index (χ3v) is 5.28. The molecule has 2 aliphatic rings. The summed E-state index contributed by atoms with van der Waals surface area (Å²) in [5, 5.41) is 0. The zero-order valence-electron chi connectivity index (χ0n) is 14.1. The van der Waals surface area contributed by atoms with Crippen molar-refractivity contribution in [3.63, 3.8) is 0 Å². The standard InChI is InChI=1S/C17H19BrN2O5/c1-24-13-8-12(18)14(25-2)7-10(13)9-19-15(21)16(22)20(17(19)23)11-5-3-4-6-11/h7-8,11H,3-6,9H2,1-2H3. The van der Waals surface area contributed by atoms with E-state index in [2.05, 4.69) is 15.9 Å². The maximum Gasteiger partial charge on any atom is 0.334 e. The van der Waals surface area contributed by atoms with E-state index >= 15 is 0 Å². The maximum atomic E-state index is 12.7. The van der Waals surface area contributed by atoms with E-state index in [0.717, 1.165) is 35.5 Å². The Kier molecular flexibility index (Phi) is 4.99. The number of hydrogen-bond acceptors (Lipinski definition) is 5. The van der Waals surface area contributed by atoms with Crippen molar-refractivity contribution >= 4 is 33.8 Å². The molecule has 0 atom stereocenters. The number of benzene rings is 1. The van der Waals surface area contributed by atoms with Crippen molar-refractivity contribution in [3.05, 3.63) is 22.2 Å². The van der Waals surface area contributed by atoms with E-state index in [4.69, 9.17) is 9.47 Å². The van der Waals surface area contributed by atoms with Crippen LogP contribution in [0.5, 0.6) is 11.5 Å². The minimum absolute atomic E-state index is 0.0422. The molecule has 4 amide bonds. The molecule has 0 unspecified atom stereocenters. The van der Waals surface area contributed by atoms with Crippen molar-refractivity contribution in [2.45, 2.75) is 38.3 Å². The maximum absolute atomic E-state index is 12.7. The lowest BCUT2D eigenvalue weighted by Crippen LogP contribution is -2.39. The lowest BCUT2D eigenvalue weighted by Gasteiger charge is -2.21. The summed E-state index contributed by atoms with van der Waals surface area (Å²) in [4.78, 5) is 39.4. The Morgan fingerprint density at radius 3 is 2.28 bits per heavy atom. The zero-order chi connectivity index (χ0) is 18.1. The average molecular weight is 411 g/mol. The van der Waals surface area contributed by atoms with Gasteiger partial charge in [-0.15, -0.1) is 0 Å². The van der Waals surface area contributed by atoms with Crippen molar-refractivity contribution in [1.82, 2.24) is 9.80 Å². The summed E-state index contributed by atoms with van der Waals surface area (Å²) in [7, 11) is 3.02. The molecule has 7 nitrogen and oxygen atoms in total. The fourth-order valence-corrected chi connectivity index (χ4v) is 3.85. The quantitative estimate of drug-likeness (QED) is 0.550. The van der Waals surface area contributed by atoms with Crippen molar-refractivity contribution < 1.29 is 23.9 Å². The number of rotatable bonds is 5. The first-order chi connectivity index (χ1) is 12.0. The normalized spacial score (nSPS) is 18.4. The van der Waals surface area contributed by atoms with Crippen LogP contribution in [0.4, 0.5) is 4.79 Å². The number of amides is 4. The SMILES string of the molecule is COc1cc(CN2C(=O)C(=O)N(C3CCCC3)C2=O)c(OC)cc1Br. The van der Waals surface area contributed by atoms with Gasteiger partial charge < -0.3 is 9.47 Å². The molecule has 1 saturated carbocycles. The van der Waals surface area contributed by atoms with Crippen LogP contribution < -0.4 is 9.47 Å². The summed E-state index contributed by atoms with van der Waals surface area (Å²) in [5.41, 5.74) is 0.588. The van der Waals surface area contributed by atoms with Crippen molar-refractivity contribution in [2.75, 3.05) is 14.2 Å². The minimum Gasteiger partial charge on any atom is -0.496 e. The van der Waals surface area contributed by atoms with Crippen molar-refractivity contribution in [2.24, 2.45) is 0 Å². The van der Waals surface area contributed by atoms with Gasteiger partial charge in [-0.25, -0.2) is 4.79 Å². The summed E-state index contributed by atoms with van der Waals surface area (Å²) >= 11 is 3.37. The van der Waals surface area contributed by atoms with E-state index in [1.165, 1.54) is 14.2 Å². The monoisotopic (exact) mass is 410 g/mol. The molecule has 3 rings (SSSR count). The second-order valence-electron chi connectivity index (χ2n) is 6.09. The van der Waals surface area contributed by atoms with Gasteiger partial charge in [-0.2, -0.15) is 0 Å². The highest BCUT2D eigenvalue weighted by molar-refractivity contribution is 9.10. The van der Waals surface area contributed by atoms with Gasteiger partial charge in [0.2, 0.25) is 0 Å². The number of urea groups is 1. The Balaban J connectivity index is 1.88. The summed E-state index contributed by atoms with van der Waals surface area (Å²) in [6, 6.07) is 2.67. The van der Waals surface area contributed by atoms with Gasteiger partial charge >= 0.3 is 17.8 Å².